The highest BCUT2D eigenvalue weighted by molar-refractivity contribution is 5.88. The summed E-state index contributed by atoms with van der Waals surface area (Å²) >= 11 is 0. The van der Waals surface area contributed by atoms with Crippen molar-refractivity contribution in [1.29, 1.82) is 0 Å². The number of fused-ring (bicyclic) bond motifs is 1. The number of hydrogen-bond donors (Lipinski definition) is 2. The molecular weight excluding hydrogens is 349 g/mol. The number of carbonyl (C=O) groups is 1. The van der Waals surface area contributed by atoms with E-state index >= 15 is 0 Å². The van der Waals surface area contributed by atoms with Gasteiger partial charge in [0.1, 0.15) is 11.5 Å². The second-order valence-corrected chi connectivity index (χ2v) is 6.87. The molecule has 7 nitrogen and oxygen atoms in total. The van der Waals surface area contributed by atoms with Crippen molar-refractivity contribution in [3.05, 3.63) is 35.9 Å². The molecule has 27 heavy (non-hydrogen) atoms. The normalized spacial score (nSPS) is 15.2. The maximum atomic E-state index is 13.4. The van der Waals surface area contributed by atoms with Crippen LogP contribution in [0.25, 0.3) is 22.6 Å². The molecule has 1 aliphatic carbocycles. The molecule has 1 aliphatic rings. The van der Waals surface area contributed by atoms with Gasteiger partial charge in [-0.05, 0) is 37.1 Å². The van der Waals surface area contributed by atoms with E-state index in [0.29, 0.717) is 23.2 Å². The fraction of sp³-hybridized carbons (Fsp3) is 0.368. The highest BCUT2D eigenvalue weighted by Gasteiger charge is 2.24. The average molecular weight is 369 g/mol. The average Bonchev–Trinajstić information content (AvgIpc) is 3.11. The number of carboxylic acid groups (broad SMARTS) is 1. The highest BCUT2D eigenvalue weighted by atomic mass is 19.1. The lowest BCUT2D eigenvalue weighted by Crippen LogP contribution is -2.34. The van der Waals surface area contributed by atoms with E-state index in [1.165, 1.54) is 31.4 Å². The lowest BCUT2D eigenvalue weighted by molar-refractivity contribution is 0.0685. The molecule has 0 aliphatic heterocycles. The Morgan fingerprint density at radius 1 is 1.15 bits per heavy atom. The molecule has 0 radical (unpaired) electrons. The zero-order valence-electron chi connectivity index (χ0n) is 14.9. The first-order valence-electron chi connectivity index (χ1n) is 9.03. The molecule has 0 atom stereocenters. The van der Waals surface area contributed by atoms with Gasteiger partial charge in [0.2, 0.25) is 5.82 Å². The third-order valence-corrected chi connectivity index (χ3v) is 5.09. The molecule has 140 valence electrons. The van der Waals surface area contributed by atoms with Gasteiger partial charge in [0.15, 0.2) is 17.1 Å². The van der Waals surface area contributed by atoms with Crippen molar-refractivity contribution in [3.8, 4) is 11.3 Å². The molecule has 0 amide bonds. The van der Waals surface area contributed by atoms with Gasteiger partial charge in [0.05, 0.1) is 0 Å². The van der Waals surface area contributed by atoms with Crippen molar-refractivity contribution in [2.45, 2.75) is 38.1 Å². The van der Waals surface area contributed by atoms with E-state index < -0.39 is 5.97 Å². The molecule has 2 heterocycles. The Hall–Kier alpha value is -3.03. The van der Waals surface area contributed by atoms with Crippen LogP contribution in [0.15, 0.2) is 24.3 Å². The van der Waals surface area contributed by atoms with E-state index in [1.807, 2.05) is 7.05 Å². The number of aromatic amines is 1. The SMILES string of the molecule is CN(c1nc2nc(C(=O)O)[nH]c2nc1-c1ccc(F)cc1)C1CCCCC1. The van der Waals surface area contributed by atoms with Gasteiger partial charge in [0.25, 0.3) is 0 Å². The number of halogens is 1. The van der Waals surface area contributed by atoms with Crippen LogP contribution in [0.2, 0.25) is 0 Å². The lowest BCUT2D eigenvalue weighted by atomic mass is 9.94. The molecule has 8 heteroatoms. The van der Waals surface area contributed by atoms with Gasteiger partial charge in [-0.3, -0.25) is 0 Å². The van der Waals surface area contributed by atoms with E-state index in [-0.39, 0.29) is 17.3 Å². The van der Waals surface area contributed by atoms with Gasteiger partial charge < -0.3 is 15.0 Å². The first-order chi connectivity index (χ1) is 13.0. The minimum atomic E-state index is -1.17. The maximum absolute atomic E-state index is 13.4. The van der Waals surface area contributed by atoms with Gasteiger partial charge in [-0.2, -0.15) is 0 Å². The molecule has 3 aromatic rings. The summed E-state index contributed by atoms with van der Waals surface area (Å²) in [7, 11) is 1.98. The smallest absolute Gasteiger partial charge is 0.372 e. The number of carboxylic acids is 1. The van der Waals surface area contributed by atoms with Crippen molar-refractivity contribution in [1.82, 2.24) is 19.9 Å². The minimum absolute atomic E-state index is 0.201. The third-order valence-electron chi connectivity index (χ3n) is 5.09. The number of nitrogens with zero attached hydrogens (tertiary/aromatic N) is 4. The minimum Gasteiger partial charge on any atom is -0.475 e. The largest absolute Gasteiger partial charge is 0.475 e. The Balaban J connectivity index is 1.86. The molecule has 0 saturated heterocycles. The summed E-state index contributed by atoms with van der Waals surface area (Å²) in [6.07, 6.45) is 5.71. The Bertz CT molecular complexity index is 980. The lowest BCUT2D eigenvalue weighted by Gasteiger charge is -2.32. The first-order valence-corrected chi connectivity index (χ1v) is 9.03. The number of hydrogen-bond acceptors (Lipinski definition) is 5. The Labute approximate surface area is 155 Å². The van der Waals surface area contributed by atoms with Crippen LogP contribution in [0.3, 0.4) is 0 Å². The fourth-order valence-corrected chi connectivity index (χ4v) is 3.62. The Morgan fingerprint density at radius 2 is 1.85 bits per heavy atom. The molecule has 2 N–H and O–H groups in total. The number of imidazole rings is 1. The molecule has 2 aromatic heterocycles. The monoisotopic (exact) mass is 369 g/mol. The van der Waals surface area contributed by atoms with Gasteiger partial charge >= 0.3 is 5.97 Å². The third kappa shape index (κ3) is 3.34. The quantitative estimate of drug-likeness (QED) is 0.729. The van der Waals surface area contributed by atoms with Crippen molar-refractivity contribution >= 4 is 23.1 Å². The molecule has 1 fully saturated rings. The molecule has 4 rings (SSSR count). The van der Waals surface area contributed by atoms with Crippen molar-refractivity contribution < 1.29 is 14.3 Å². The summed E-state index contributed by atoms with van der Waals surface area (Å²) in [5, 5.41) is 9.18. The van der Waals surface area contributed by atoms with Crippen LogP contribution in [0.1, 0.15) is 42.7 Å². The predicted molar refractivity (Wildman–Crippen MR) is 99.3 cm³/mol. The Kier molecular flexibility index (Phi) is 4.47. The zero-order valence-corrected chi connectivity index (χ0v) is 14.9. The number of benzene rings is 1. The number of anilines is 1. The van der Waals surface area contributed by atoms with E-state index in [9.17, 15) is 14.3 Å². The fourth-order valence-electron chi connectivity index (χ4n) is 3.62. The molecular formula is C19H20FN5O2. The van der Waals surface area contributed by atoms with Gasteiger partial charge in [-0.1, -0.05) is 19.3 Å². The Morgan fingerprint density at radius 3 is 2.52 bits per heavy atom. The van der Waals surface area contributed by atoms with E-state index in [4.69, 9.17) is 0 Å². The number of nitrogens with one attached hydrogen (secondary N) is 1. The number of aromatic carboxylic acids is 1. The standard InChI is InChI=1S/C19H20FN5O2/c1-25(13-5-3-2-4-6-13)18-14(11-7-9-12(20)10-8-11)21-15-16(24-18)23-17(22-15)19(26)27/h7-10,13H,2-6H2,1H3,(H,26,27)(H,21,22,23,24). The first kappa shape index (κ1) is 17.4. The second-order valence-electron chi connectivity index (χ2n) is 6.87. The van der Waals surface area contributed by atoms with Gasteiger partial charge in [-0.25, -0.2) is 24.1 Å². The van der Waals surface area contributed by atoms with Crippen LogP contribution < -0.4 is 4.90 Å². The molecule has 1 saturated carbocycles. The summed E-state index contributed by atoms with van der Waals surface area (Å²) in [4.78, 5) is 29.2. The van der Waals surface area contributed by atoms with Gasteiger partial charge in [-0.15, -0.1) is 0 Å². The number of aromatic nitrogens is 4. The van der Waals surface area contributed by atoms with Crippen LogP contribution in [-0.2, 0) is 0 Å². The molecule has 0 spiro atoms. The van der Waals surface area contributed by atoms with E-state index in [1.54, 1.807) is 12.1 Å². The van der Waals surface area contributed by atoms with Crippen LogP contribution in [0, 0.1) is 5.82 Å². The molecule has 0 unspecified atom stereocenters. The number of rotatable bonds is 4. The van der Waals surface area contributed by atoms with Crippen LogP contribution in [-0.4, -0.2) is 44.1 Å². The predicted octanol–water partition coefficient (Wildman–Crippen LogP) is 3.63. The van der Waals surface area contributed by atoms with Crippen LogP contribution in [0.5, 0.6) is 0 Å². The van der Waals surface area contributed by atoms with Crippen molar-refractivity contribution in [3.63, 3.8) is 0 Å². The van der Waals surface area contributed by atoms with E-state index in [2.05, 4.69) is 24.8 Å². The number of H-pyrrole nitrogens is 1. The molecule has 1 aromatic carbocycles. The van der Waals surface area contributed by atoms with Gasteiger partial charge in [0, 0.05) is 18.7 Å². The zero-order chi connectivity index (χ0) is 19.0. The topological polar surface area (TPSA) is 95.0 Å². The van der Waals surface area contributed by atoms with Crippen LogP contribution in [0.4, 0.5) is 10.2 Å². The maximum Gasteiger partial charge on any atom is 0.372 e. The second kappa shape index (κ2) is 6.94. The van der Waals surface area contributed by atoms with E-state index in [0.717, 1.165) is 18.4 Å². The van der Waals surface area contributed by atoms with Crippen LogP contribution >= 0.6 is 0 Å². The highest BCUT2D eigenvalue weighted by Crippen LogP contribution is 2.32. The summed E-state index contributed by atoms with van der Waals surface area (Å²) in [5.74, 6) is -1.07. The summed E-state index contributed by atoms with van der Waals surface area (Å²) in [6.45, 7) is 0. The summed E-state index contributed by atoms with van der Waals surface area (Å²) in [5.41, 5.74) is 1.86. The van der Waals surface area contributed by atoms with Crippen molar-refractivity contribution in [2.75, 3.05) is 11.9 Å². The summed E-state index contributed by atoms with van der Waals surface area (Å²) in [6, 6.07) is 6.39. The molecule has 0 bridgehead atoms. The summed E-state index contributed by atoms with van der Waals surface area (Å²) < 4.78 is 13.4. The van der Waals surface area contributed by atoms with Crippen molar-refractivity contribution in [2.24, 2.45) is 0 Å².